The molecule has 2 aromatic rings. The smallest absolute Gasteiger partial charge is 0.275 e. The number of likely N-dealkylation sites (tertiary alicyclic amines) is 1. The molecule has 0 unspecified atom stereocenters. The third kappa shape index (κ3) is 6.10. The highest BCUT2D eigenvalue weighted by Crippen LogP contribution is 2.16. The second-order valence-corrected chi connectivity index (χ2v) is 7.90. The number of amides is 1. The molecule has 27 heavy (non-hydrogen) atoms. The van der Waals surface area contributed by atoms with Crippen molar-refractivity contribution in [2.24, 2.45) is 5.92 Å². The Hall–Kier alpha value is -2.33. The summed E-state index contributed by atoms with van der Waals surface area (Å²) in [5, 5.41) is 3.07. The number of anilines is 1. The standard InChI is InChI=1S/C23H31N3O/c1-25(2)22-10-8-21(9-11-22)17-24-23(27)18-26-14-12-20(13-15-26)16-19-6-4-3-5-7-19/h3-11,20H,12-18H2,1-2H3,(H,24,27)/p+1. The molecule has 0 aliphatic carbocycles. The summed E-state index contributed by atoms with van der Waals surface area (Å²) in [4.78, 5) is 15.8. The first-order valence-electron chi connectivity index (χ1n) is 10.0. The zero-order valence-electron chi connectivity index (χ0n) is 16.6. The number of quaternary nitrogens is 1. The number of benzene rings is 2. The average Bonchev–Trinajstić information content (AvgIpc) is 2.69. The number of nitrogens with one attached hydrogen (secondary N) is 2. The van der Waals surface area contributed by atoms with Gasteiger partial charge in [-0.25, -0.2) is 0 Å². The SMILES string of the molecule is CN(C)c1ccc(CNC(=O)C[NH+]2CCC(Cc3ccccc3)CC2)cc1. The van der Waals surface area contributed by atoms with E-state index in [0.29, 0.717) is 13.1 Å². The lowest BCUT2D eigenvalue weighted by molar-refractivity contribution is -0.898. The van der Waals surface area contributed by atoms with Gasteiger partial charge in [0.05, 0.1) is 13.1 Å². The van der Waals surface area contributed by atoms with Crippen molar-refractivity contribution >= 4 is 11.6 Å². The average molecular weight is 367 g/mol. The lowest BCUT2D eigenvalue weighted by atomic mass is 9.90. The molecule has 4 heteroatoms. The highest BCUT2D eigenvalue weighted by atomic mass is 16.2. The normalized spacial score (nSPS) is 19.5. The van der Waals surface area contributed by atoms with Crippen LogP contribution in [0.4, 0.5) is 5.69 Å². The van der Waals surface area contributed by atoms with E-state index in [1.54, 1.807) is 0 Å². The zero-order valence-corrected chi connectivity index (χ0v) is 16.6. The van der Waals surface area contributed by atoms with Crippen LogP contribution in [0.5, 0.6) is 0 Å². The molecule has 1 aliphatic rings. The summed E-state index contributed by atoms with van der Waals surface area (Å²) in [6.45, 7) is 3.40. The van der Waals surface area contributed by atoms with Crippen LogP contribution in [-0.2, 0) is 17.8 Å². The van der Waals surface area contributed by atoms with Crippen molar-refractivity contribution in [2.45, 2.75) is 25.8 Å². The van der Waals surface area contributed by atoms with Gasteiger partial charge in [-0.3, -0.25) is 4.79 Å². The quantitative estimate of drug-likeness (QED) is 0.785. The molecule has 1 saturated heterocycles. The molecule has 0 atom stereocenters. The fraction of sp³-hybridized carbons (Fsp3) is 0.435. The number of piperidine rings is 1. The molecule has 1 heterocycles. The molecule has 0 radical (unpaired) electrons. The second-order valence-electron chi connectivity index (χ2n) is 7.90. The van der Waals surface area contributed by atoms with E-state index in [9.17, 15) is 4.79 Å². The third-order valence-electron chi connectivity index (χ3n) is 5.53. The largest absolute Gasteiger partial charge is 0.378 e. The molecule has 1 aliphatic heterocycles. The zero-order chi connectivity index (χ0) is 19.1. The van der Waals surface area contributed by atoms with Gasteiger partial charge in [0, 0.05) is 26.3 Å². The summed E-state index contributed by atoms with van der Waals surface area (Å²) in [7, 11) is 4.06. The number of nitrogens with zero attached hydrogens (tertiary/aromatic N) is 1. The van der Waals surface area contributed by atoms with E-state index in [2.05, 4.69) is 64.8 Å². The minimum Gasteiger partial charge on any atom is -0.378 e. The summed E-state index contributed by atoms with van der Waals surface area (Å²) in [5.74, 6) is 0.914. The third-order valence-corrected chi connectivity index (χ3v) is 5.53. The Morgan fingerprint density at radius 3 is 2.30 bits per heavy atom. The van der Waals surface area contributed by atoms with E-state index in [4.69, 9.17) is 0 Å². The summed E-state index contributed by atoms with van der Waals surface area (Å²) in [6, 6.07) is 19.1. The molecule has 4 nitrogen and oxygen atoms in total. The van der Waals surface area contributed by atoms with Gasteiger partial charge in [-0.05, 0) is 48.4 Å². The highest BCUT2D eigenvalue weighted by Gasteiger charge is 2.23. The van der Waals surface area contributed by atoms with Crippen LogP contribution >= 0.6 is 0 Å². The molecule has 3 rings (SSSR count). The van der Waals surface area contributed by atoms with E-state index in [1.807, 2.05) is 14.1 Å². The van der Waals surface area contributed by atoms with E-state index >= 15 is 0 Å². The number of carbonyl (C=O) groups is 1. The summed E-state index contributed by atoms with van der Waals surface area (Å²) in [5.41, 5.74) is 3.75. The lowest BCUT2D eigenvalue weighted by Gasteiger charge is -2.29. The van der Waals surface area contributed by atoms with Gasteiger partial charge in [-0.2, -0.15) is 0 Å². The van der Waals surface area contributed by atoms with Gasteiger partial charge in [0.15, 0.2) is 6.54 Å². The molecular weight excluding hydrogens is 334 g/mol. The molecule has 0 bridgehead atoms. The number of rotatable bonds is 7. The minimum absolute atomic E-state index is 0.156. The number of hydrogen-bond acceptors (Lipinski definition) is 2. The van der Waals surface area contributed by atoms with Crippen molar-refractivity contribution in [1.29, 1.82) is 0 Å². The van der Waals surface area contributed by atoms with Crippen molar-refractivity contribution in [2.75, 3.05) is 38.6 Å². The van der Waals surface area contributed by atoms with E-state index in [0.717, 1.165) is 24.6 Å². The lowest BCUT2D eigenvalue weighted by Crippen LogP contribution is -3.14. The monoisotopic (exact) mass is 366 g/mol. The highest BCUT2D eigenvalue weighted by molar-refractivity contribution is 5.76. The van der Waals surface area contributed by atoms with Crippen LogP contribution in [0.1, 0.15) is 24.0 Å². The first kappa shape index (κ1) is 19.4. The van der Waals surface area contributed by atoms with Crippen LogP contribution in [0.25, 0.3) is 0 Å². The Kier molecular flexibility index (Phi) is 6.88. The van der Waals surface area contributed by atoms with E-state index in [-0.39, 0.29) is 5.91 Å². The Morgan fingerprint density at radius 1 is 1.00 bits per heavy atom. The summed E-state index contributed by atoms with van der Waals surface area (Å²) < 4.78 is 0. The van der Waals surface area contributed by atoms with Gasteiger partial charge in [0.1, 0.15) is 0 Å². The van der Waals surface area contributed by atoms with Crippen LogP contribution in [0, 0.1) is 5.92 Å². The second kappa shape index (κ2) is 9.56. The van der Waals surface area contributed by atoms with Crippen molar-refractivity contribution in [3.63, 3.8) is 0 Å². The van der Waals surface area contributed by atoms with Gasteiger partial charge in [0.2, 0.25) is 0 Å². The topological polar surface area (TPSA) is 36.8 Å². The molecule has 2 N–H and O–H groups in total. The molecule has 0 spiro atoms. The first-order valence-corrected chi connectivity index (χ1v) is 10.0. The molecular formula is C23H32N3O+. The molecule has 0 aromatic heterocycles. The van der Waals surface area contributed by atoms with Crippen molar-refractivity contribution < 1.29 is 9.69 Å². The maximum absolute atomic E-state index is 12.3. The fourth-order valence-corrected chi connectivity index (χ4v) is 3.82. The maximum atomic E-state index is 12.3. The van der Waals surface area contributed by atoms with Crippen LogP contribution in [0.15, 0.2) is 54.6 Å². The van der Waals surface area contributed by atoms with Crippen LogP contribution < -0.4 is 15.1 Å². The predicted molar refractivity (Wildman–Crippen MR) is 111 cm³/mol. The Labute approximate surface area is 163 Å². The van der Waals surface area contributed by atoms with Crippen LogP contribution in [0.2, 0.25) is 0 Å². The van der Waals surface area contributed by atoms with Gasteiger partial charge in [0.25, 0.3) is 5.91 Å². The molecule has 144 valence electrons. The van der Waals surface area contributed by atoms with Gasteiger partial charge >= 0.3 is 0 Å². The summed E-state index contributed by atoms with van der Waals surface area (Å²) >= 11 is 0. The van der Waals surface area contributed by atoms with Crippen molar-refractivity contribution in [1.82, 2.24) is 5.32 Å². The first-order chi connectivity index (χ1) is 13.1. The van der Waals surface area contributed by atoms with Gasteiger partial charge in [-0.1, -0.05) is 42.5 Å². The molecule has 1 amide bonds. The summed E-state index contributed by atoms with van der Waals surface area (Å²) in [6.07, 6.45) is 3.59. The Bertz CT molecular complexity index is 704. The fourth-order valence-electron chi connectivity index (χ4n) is 3.82. The van der Waals surface area contributed by atoms with Crippen LogP contribution in [0.3, 0.4) is 0 Å². The molecule has 1 fully saturated rings. The number of carbonyl (C=O) groups excluding carboxylic acids is 1. The van der Waals surface area contributed by atoms with E-state index < -0.39 is 0 Å². The number of hydrogen-bond donors (Lipinski definition) is 2. The Balaban J connectivity index is 1.36. The molecule has 2 aromatic carbocycles. The van der Waals surface area contributed by atoms with Gasteiger partial charge < -0.3 is 15.1 Å². The van der Waals surface area contributed by atoms with Crippen LogP contribution in [-0.4, -0.2) is 39.6 Å². The minimum atomic E-state index is 0.156. The predicted octanol–water partition coefficient (Wildman–Crippen LogP) is 1.91. The van der Waals surface area contributed by atoms with Gasteiger partial charge in [-0.15, -0.1) is 0 Å². The molecule has 0 saturated carbocycles. The van der Waals surface area contributed by atoms with Crippen molar-refractivity contribution in [3.05, 3.63) is 65.7 Å². The van der Waals surface area contributed by atoms with E-state index in [1.165, 1.54) is 35.4 Å². The Morgan fingerprint density at radius 2 is 1.67 bits per heavy atom. The maximum Gasteiger partial charge on any atom is 0.275 e. The van der Waals surface area contributed by atoms with Crippen molar-refractivity contribution in [3.8, 4) is 0 Å².